The maximum atomic E-state index is 12.6. The Morgan fingerprint density at radius 2 is 1.73 bits per heavy atom. The summed E-state index contributed by atoms with van der Waals surface area (Å²) in [6.45, 7) is 0.420. The molecule has 1 fully saturated rings. The van der Waals surface area contributed by atoms with Crippen molar-refractivity contribution in [2.24, 2.45) is 5.73 Å². The molecule has 2 aromatic rings. The van der Waals surface area contributed by atoms with E-state index >= 15 is 0 Å². The first-order chi connectivity index (χ1) is 12.4. The molecule has 0 spiro atoms. The Bertz CT molecular complexity index is 879. The second-order valence-electron chi connectivity index (χ2n) is 5.84. The molecular formula is C19H16BrClN2O3. The van der Waals surface area contributed by atoms with Crippen molar-refractivity contribution in [2.75, 3.05) is 13.1 Å². The Morgan fingerprint density at radius 1 is 1.12 bits per heavy atom. The molecular weight excluding hydrogens is 420 g/mol. The van der Waals surface area contributed by atoms with E-state index in [-0.39, 0.29) is 24.4 Å². The number of carbonyl (C=O) groups excluding carboxylic acids is 2. The molecule has 7 heteroatoms. The van der Waals surface area contributed by atoms with Crippen molar-refractivity contribution >= 4 is 45.0 Å². The summed E-state index contributed by atoms with van der Waals surface area (Å²) in [4.78, 5) is 26.5. The van der Waals surface area contributed by atoms with Crippen molar-refractivity contribution in [2.45, 2.75) is 6.04 Å². The number of likely N-dealkylation sites (tertiary alicyclic amines) is 1. The molecule has 134 valence electrons. The lowest BCUT2D eigenvalue weighted by molar-refractivity contribution is -0.139. The molecule has 26 heavy (non-hydrogen) atoms. The number of nitrogens with zero attached hydrogens (tertiary/aromatic N) is 1. The number of halogens is 2. The molecule has 1 atom stereocenters. The van der Waals surface area contributed by atoms with Crippen molar-refractivity contribution in [3.05, 3.63) is 74.7 Å². The predicted molar refractivity (Wildman–Crippen MR) is 104 cm³/mol. The molecule has 0 radical (unpaired) electrons. The van der Waals surface area contributed by atoms with Gasteiger partial charge in [0.1, 0.15) is 5.76 Å². The van der Waals surface area contributed by atoms with Crippen molar-refractivity contribution in [3.63, 3.8) is 0 Å². The van der Waals surface area contributed by atoms with Crippen LogP contribution >= 0.6 is 27.5 Å². The standard InChI is InChI=1S/C19H16BrClN2O3/c20-13-5-1-11(2-6-13)16-15(18(25)19(26)23(16)10-9-22)17(24)12-3-7-14(21)8-4-12/h1-8,16,24H,9-10,22H2/b17-15+. The molecule has 1 amide bonds. The fourth-order valence-corrected chi connectivity index (χ4v) is 3.39. The third-order valence-electron chi connectivity index (χ3n) is 4.21. The molecule has 1 unspecified atom stereocenters. The van der Waals surface area contributed by atoms with Crippen LogP contribution in [0.5, 0.6) is 0 Å². The molecule has 1 heterocycles. The monoisotopic (exact) mass is 434 g/mol. The van der Waals surface area contributed by atoms with Gasteiger partial charge in [-0.05, 0) is 42.0 Å². The summed E-state index contributed by atoms with van der Waals surface area (Å²) in [7, 11) is 0. The van der Waals surface area contributed by atoms with Gasteiger partial charge in [-0.2, -0.15) is 0 Å². The summed E-state index contributed by atoms with van der Waals surface area (Å²) in [6.07, 6.45) is 0. The number of aliphatic hydroxyl groups excluding tert-OH is 1. The highest BCUT2D eigenvalue weighted by atomic mass is 79.9. The van der Waals surface area contributed by atoms with Crippen molar-refractivity contribution < 1.29 is 14.7 Å². The number of aliphatic hydroxyl groups is 1. The maximum absolute atomic E-state index is 12.6. The minimum absolute atomic E-state index is 0.0492. The highest BCUT2D eigenvalue weighted by molar-refractivity contribution is 9.10. The van der Waals surface area contributed by atoms with Gasteiger partial charge in [-0.3, -0.25) is 9.59 Å². The van der Waals surface area contributed by atoms with E-state index in [9.17, 15) is 14.7 Å². The number of rotatable bonds is 4. The first-order valence-corrected chi connectivity index (χ1v) is 9.11. The lowest BCUT2D eigenvalue weighted by Gasteiger charge is -2.24. The van der Waals surface area contributed by atoms with Crippen LogP contribution in [0.2, 0.25) is 5.02 Å². The minimum atomic E-state index is -0.723. The van der Waals surface area contributed by atoms with Crippen LogP contribution in [0.15, 0.2) is 58.6 Å². The number of hydrogen-bond acceptors (Lipinski definition) is 4. The molecule has 1 saturated heterocycles. The Labute approximate surface area is 164 Å². The molecule has 5 nitrogen and oxygen atoms in total. The van der Waals surface area contributed by atoms with Crippen molar-refractivity contribution in [1.29, 1.82) is 0 Å². The van der Waals surface area contributed by atoms with Gasteiger partial charge in [-0.25, -0.2) is 0 Å². The van der Waals surface area contributed by atoms with Crippen LogP contribution in [0.25, 0.3) is 5.76 Å². The van der Waals surface area contributed by atoms with Gasteiger partial charge in [0.05, 0.1) is 11.6 Å². The fourth-order valence-electron chi connectivity index (χ4n) is 3.00. The summed E-state index contributed by atoms with van der Waals surface area (Å²) >= 11 is 9.26. The Balaban J connectivity index is 2.17. The van der Waals surface area contributed by atoms with Crippen LogP contribution < -0.4 is 5.73 Å². The number of amides is 1. The lowest BCUT2D eigenvalue weighted by Crippen LogP contribution is -2.34. The van der Waals surface area contributed by atoms with Crippen molar-refractivity contribution in [1.82, 2.24) is 4.90 Å². The molecule has 1 aliphatic rings. The van der Waals surface area contributed by atoms with E-state index < -0.39 is 17.7 Å². The topological polar surface area (TPSA) is 83.6 Å². The van der Waals surface area contributed by atoms with Gasteiger partial charge in [-0.1, -0.05) is 39.7 Å². The van der Waals surface area contributed by atoms with Gasteiger partial charge in [0.15, 0.2) is 0 Å². The van der Waals surface area contributed by atoms with Crippen LogP contribution in [-0.4, -0.2) is 34.8 Å². The first kappa shape index (κ1) is 18.6. The van der Waals surface area contributed by atoms with E-state index in [1.807, 2.05) is 12.1 Å². The van der Waals surface area contributed by atoms with Crippen LogP contribution in [0.3, 0.4) is 0 Å². The first-order valence-electron chi connectivity index (χ1n) is 7.94. The molecule has 3 N–H and O–H groups in total. The zero-order chi connectivity index (χ0) is 18.8. The van der Waals surface area contributed by atoms with E-state index in [4.69, 9.17) is 17.3 Å². The molecule has 0 aromatic heterocycles. The average molecular weight is 436 g/mol. The fraction of sp³-hybridized carbons (Fsp3) is 0.158. The smallest absolute Gasteiger partial charge is 0.295 e. The normalized spacial score (nSPS) is 19.2. The van der Waals surface area contributed by atoms with Crippen LogP contribution in [0.4, 0.5) is 0 Å². The molecule has 2 aromatic carbocycles. The summed E-state index contributed by atoms with van der Waals surface area (Å²) in [5.41, 5.74) is 6.81. The Hall–Kier alpha value is -2.15. The number of hydrogen-bond donors (Lipinski definition) is 2. The van der Waals surface area contributed by atoms with Gasteiger partial charge in [0.25, 0.3) is 11.7 Å². The molecule has 0 aliphatic carbocycles. The van der Waals surface area contributed by atoms with Gasteiger partial charge >= 0.3 is 0 Å². The van der Waals surface area contributed by atoms with E-state index in [1.54, 1.807) is 36.4 Å². The SMILES string of the molecule is NCCN1C(=O)C(=O)/C(=C(/O)c2ccc(Cl)cc2)C1c1ccc(Br)cc1. The quantitative estimate of drug-likeness (QED) is 0.437. The number of Topliss-reactive ketones (excluding diaryl/α,β-unsaturated/α-hetero) is 1. The Kier molecular flexibility index (Phi) is 5.46. The van der Waals surface area contributed by atoms with Gasteiger partial charge < -0.3 is 15.7 Å². The van der Waals surface area contributed by atoms with E-state index in [0.717, 1.165) is 10.0 Å². The third kappa shape index (κ3) is 3.40. The average Bonchev–Trinajstić information content (AvgIpc) is 2.88. The van der Waals surface area contributed by atoms with Crippen molar-refractivity contribution in [3.8, 4) is 0 Å². The number of carbonyl (C=O) groups is 2. The molecule has 0 saturated carbocycles. The maximum Gasteiger partial charge on any atom is 0.295 e. The van der Waals surface area contributed by atoms with E-state index in [1.165, 1.54) is 4.90 Å². The summed E-state index contributed by atoms with van der Waals surface area (Å²) in [5.74, 6) is -1.62. The number of nitrogens with two attached hydrogens (primary N) is 1. The predicted octanol–water partition coefficient (Wildman–Crippen LogP) is 3.48. The van der Waals surface area contributed by atoms with E-state index in [0.29, 0.717) is 10.6 Å². The number of ketones is 1. The highest BCUT2D eigenvalue weighted by Gasteiger charge is 2.45. The summed E-state index contributed by atoms with van der Waals surface area (Å²) in [6, 6.07) is 13.0. The minimum Gasteiger partial charge on any atom is -0.507 e. The van der Waals surface area contributed by atoms with Crippen LogP contribution in [0, 0.1) is 0 Å². The zero-order valence-electron chi connectivity index (χ0n) is 13.7. The largest absolute Gasteiger partial charge is 0.507 e. The summed E-state index contributed by atoms with van der Waals surface area (Å²) in [5, 5.41) is 11.3. The molecule has 1 aliphatic heterocycles. The lowest BCUT2D eigenvalue weighted by atomic mass is 9.95. The second-order valence-corrected chi connectivity index (χ2v) is 7.19. The summed E-state index contributed by atoms with van der Waals surface area (Å²) < 4.78 is 0.870. The Morgan fingerprint density at radius 3 is 2.31 bits per heavy atom. The number of benzene rings is 2. The highest BCUT2D eigenvalue weighted by Crippen LogP contribution is 2.39. The molecule has 0 bridgehead atoms. The van der Waals surface area contributed by atoms with Crippen LogP contribution in [0.1, 0.15) is 17.2 Å². The van der Waals surface area contributed by atoms with Gasteiger partial charge in [-0.15, -0.1) is 0 Å². The van der Waals surface area contributed by atoms with Gasteiger partial charge in [0.2, 0.25) is 0 Å². The van der Waals surface area contributed by atoms with E-state index in [2.05, 4.69) is 15.9 Å². The second kappa shape index (κ2) is 7.61. The van der Waals surface area contributed by atoms with Gasteiger partial charge in [0, 0.05) is 28.1 Å². The zero-order valence-corrected chi connectivity index (χ0v) is 16.0. The molecule has 3 rings (SSSR count). The third-order valence-corrected chi connectivity index (χ3v) is 4.99. The van der Waals surface area contributed by atoms with Crippen LogP contribution in [-0.2, 0) is 9.59 Å².